The first-order chi connectivity index (χ1) is 13.1. The fourth-order valence-corrected chi connectivity index (χ4v) is 3.13. The molecule has 0 aliphatic carbocycles. The molecule has 0 bridgehead atoms. The van der Waals surface area contributed by atoms with Gasteiger partial charge in [0.2, 0.25) is 0 Å². The summed E-state index contributed by atoms with van der Waals surface area (Å²) in [6.07, 6.45) is 0. The number of nitrogens with one attached hydrogen (secondary N) is 2. The Labute approximate surface area is 156 Å². The van der Waals surface area contributed by atoms with Crippen molar-refractivity contribution in [1.29, 1.82) is 0 Å². The molecule has 0 atom stereocenters. The molecular weight excluding hydrogens is 338 g/mol. The van der Waals surface area contributed by atoms with Crippen LogP contribution in [0.25, 0.3) is 22.0 Å². The first-order valence-electron chi connectivity index (χ1n) is 8.56. The molecule has 0 aliphatic heterocycles. The van der Waals surface area contributed by atoms with Crippen LogP contribution in [0.3, 0.4) is 0 Å². The lowest BCUT2D eigenvalue weighted by atomic mass is 10.0. The summed E-state index contributed by atoms with van der Waals surface area (Å²) in [4.78, 5) is 12.1. The second-order valence-electron chi connectivity index (χ2n) is 6.23. The largest absolute Gasteiger partial charge is 0.382 e. The topological polar surface area (TPSA) is 85.0 Å². The predicted molar refractivity (Wildman–Crippen MR) is 110 cm³/mol. The number of amides is 2. The smallest absolute Gasteiger partial charge is 0.323 e. The van der Waals surface area contributed by atoms with Crippen LogP contribution in [0, 0.1) is 0 Å². The van der Waals surface area contributed by atoms with Gasteiger partial charge in [-0.05, 0) is 41.5 Å². The van der Waals surface area contributed by atoms with Gasteiger partial charge in [0.1, 0.15) is 0 Å². The van der Waals surface area contributed by atoms with Gasteiger partial charge in [-0.3, -0.25) is 4.68 Å². The van der Waals surface area contributed by atoms with Gasteiger partial charge in [-0.1, -0.05) is 42.5 Å². The summed E-state index contributed by atoms with van der Waals surface area (Å²) < 4.78 is 1.78. The van der Waals surface area contributed by atoms with Crippen LogP contribution < -0.4 is 16.4 Å². The molecule has 0 aliphatic rings. The molecule has 6 nitrogen and oxygen atoms in total. The van der Waals surface area contributed by atoms with E-state index in [1.54, 1.807) is 4.68 Å². The molecule has 4 aromatic rings. The summed E-state index contributed by atoms with van der Waals surface area (Å²) in [6.45, 7) is 0. The molecule has 4 N–H and O–H groups in total. The number of nitrogens with two attached hydrogens (primary N) is 1. The fourth-order valence-electron chi connectivity index (χ4n) is 3.13. The first-order valence-corrected chi connectivity index (χ1v) is 8.56. The minimum atomic E-state index is -0.285. The molecule has 0 saturated heterocycles. The number of aromatic nitrogens is 2. The van der Waals surface area contributed by atoms with Gasteiger partial charge in [0, 0.05) is 18.4 Å². The van der Waals surface area contributed by atoms with Gasteiger partial charge in [0.15, 0.2) is 5.82 Å². The number of nitrogens with zero attached hydrogens (tertiary/aromatic N) is 2. The SMILES string of the molecule is Cn1nc(N)c2c(-c3ccc(NC(=O)Nc4ccccc4)cc3)cccc21. The van der Waals surface area contributed by atoms with Crippen molar-refractivity contribution in [2.24, 2.45) is 7.05 Å². The van der Waals surface area contributed by atoms with Crippen molar-refractivity contribution in [2.45, 2.75) is 0 Å². The number of nitrogen functional groups attached to an aromatic ring is 1. The second-order valence-corrected chi connectivity index (χ2v) is 6.23. The Morgan fingerprint density at radius 2 is 1.56 bits per heavy atom. The van der Waals surface area contributed by atoms with E-state index in [-0.39, 0.29) is 6.03 Å². The second kappa shape index (κ2) is 6.84. The van der Waals surface area contributed by atoms with Crippen molar-refractivity contribution in [1.82, 2.24) is 9.78 Å². The number of hydrogen-bond donors (Lipinski definition) is 3. The first kappa shape index (κ1) is 16.7. The van der Waals surface area contributed by atoms with Crippen molar-refractivity contribution in [2.75, 3.05) is 16.4 Å². The highest BCUT2D eigenvalue weighted by Gasteiger charge is 2.12. The number of anilines is 3. The zero-order valence-electron chi connectivity index (χ0n) is 14.8. The van der Waals surface area contributed by atoms with Gasteiger partial charge in [0.05, 0.1) is 10.9 Å². The van der Waals surface area contributed by atoms with Crippen molar-refractivity contribution >= 4 is 34.1 Å². The van der Waals surface area contributed by atoms with Crippen molar-refractivity contribution in [3.8, 4) is 11.1 Å². The molecule has 6 heteroatoms. The van der Waals surface area contributed by atoms with Gasteiger partial charge in [-0.25, -0.2) is 4.79 Å². The van der Waals surface area contributed by atoms with Crippen LogP contribution >= 0.6 is 0 Å². The fraction of sp³-hybridized carbons (Fsp3) is 0.0476. The van der Waals surface area contributed by atoms with E-state index >= 15 is 0 Å². The van der Waals surface area contributed by atoms with Crippen molar-refractivity contribution in [3.63, 3.8) is 0 Å². The van der Waals surface area contributed by atoms with Gasteiger partial charge in [-0.15, -0.1) is 0 Å². The molecule has 134 valence electrons. The molecule has 1 aromatic heterocycles. The summed E-state index contributed by atoms with van der Waals surface area (Å²) in [5.41, 5.74) is 10.5. The van der Waals surface area contributed by atoms with Crippen LogP contribution in [-0.4, -0.2) is 15.8 Å². The Hall–Kier alpha value is -3.80. The van der Waals surface area contributed by atoms with Crippen molar-refractivity contribution in [3.05, 3.63) is 72.8 Å². The number of aryl methyl sites for hydroxylation is 1. The molecule has 0 unspecified atom stereocenters. The molecule has 27 heavy (non-hydrogen) atoms. The number of fused-ring (bicyclic) bond motifs is 1. The van der Waals surface area contributed by atoms with Crippen molar-refractivity contribution < 1.29 is 4.79 Å². The van der Waals surface area contributed by atoms with Crippen LogP contribution in [-0.2, 0) is 7.05 Å². The summed E-state index contributed by atoms with van der Waals surface area (Å²) in [5, 5.41) is 10.9. The number of carbonyl (C=O) groups excluding carboxylic acids is 1. The van der Waals surface area contributed by atoms with Crippen LogP contribution in [0.15, 0.2) is 72.8 Å². The van der Waals surface area contributed by atoms with E-state index in [9.17, 15) is 4.79 Å². The molecule has 3 aromatic carbocycles. The Morgan fingerprint density at radius 3 is 2.26 bits per heavy atom. The maximum atomic E-state index is 12.1. The summed E-state index contributed by atoms with van der Waals surface area (Å²) in [5.74, 6) is 0.507. The maximum Gasteiger partial charge on any atom is 0.323 e. The monoisotopic (exact) mass is 357 g/mol. The Morgan fingerprint density at radius 1 is 0.889 bits per heavy atom. The van der Waals surface area contributed by atoms with Gasteiger partial charge in [-0.2, -0.15) is 5.10 Å². The van der Waals surface area contributed by atoms with Crippen LogP contribution in [0.2, 0.25) is 0 Å². The number of hydrogen-bond acceptors (Lipinski definition) is 3. The number of para-hydroxylation sites is 1. The lowest BCUT2D eigenvalue weighted by Gasteiger charge is -2.09. The van der Waals surface area contributed by atoms with Crippen LogP contribution in [0.4, 0.5) is 22.0 Å². The normalized spacial score (nSPS) is 10.7. The third kappa shape index (κ3) is 3.32. The van der Waals surface area contributed by atoms with E-state index in [0.717, 1.165) is 27.7 Å². The third-order valence-corrected chi connectivity index (χ3v) is 4.39. The zero-order chi connectivity index (χ0) is 18.8. The predicted octanol–water partition coefficient (Wildman–Crippen LogP) is 4.47. The van der Waals surface area contributed by atoms with E-state index < -0.39 is 0 Å². The Balaban J connectivity index is 1.55. The molecule has 1 heterocycles. The zero-order valence-corrected chi connectivity index (χ0v) is 14.8. The van der Waals surface area contributed by atoms with Gasteiger partial charge in [0.25, 0.3) is 0 Å². The molecule has 4 rings (SSSR count). The third-order valence-electron chi connectivity index (χ3n) is 4.39. The van der Waals surface area contributed by atoms with Crippen LogP contribution in [0.1, 0.15) is 0 Å². The highest BCUT2D eigenvalue weighted by atomic mass is 16.2. The molecule has 0 fully saturated rings. The minimum Gasteiger partial charge on any atom is -0.382 e. The average molecular weight is 357 g/mol. The lowest BCUT2D eigenvalue weighted by molar-refractivity contribution is 0.262. The Bertz CT molecular complexity index is 1100. The molecular formula is C21H19N5O. The van der Waals surface area contributed by atoms with Gasteiger partial charge >= 0.3 is 6.03 Å². The number of rotatable bonds is 3. The van der Waals surface area contributed by atoms with E-state index in [1.807, 2.05) is 79.8 Å². The highest BCUT2D eigenvalue weighted by molar-refractivity contribution is 6.02. The van der Waals surface area contributed by atoms with E-state index in [4.69, 9.17) is 5.73 Å². The molecule has 2 amide bonds. The molecule has 0 spiro atoms. The molecule has 0 saturated carbocycles. The quantitative estimate of drug-likeness (QED) is 0.506. The molecule has 0 radical (unpaired) electrons. The average Bonchev–Trinajstić information content (AvgIpc) is 2.97. The van der Waals surface area contributed by atoms with Gasteiger partial charge < -0.3 is 16.4 Å². The van der Waals surface area contributed by atoms with E-state index in [2.05, 4.69) is 15.7 Å². The highest BCUT2D eigenvalue weighted by Crippen LogP contribution is 2.32. The number of carbonyl (C=O) groups is 1. The Kier molecular flexibility index (Phi) is 4.22. The lowest BCUT2D eigenvalue weighted by Crippen LogP contribution is -2.19. The number of benzene rings is 3. The van der Waals surface area contributed by atoms with E-state index in [0.29, 0.717) is 11.5 Å². The summed E-state index contributed by atoms with van der Waals surface area (Å²) >= 11 is 0. The standard InChI is InChI=1S/C21H19N5O/c1-26-18-9-5-8-17(19(18)20(22)25-26)14-10-12-16(13-11-14)24-21(27)23-15-6-3-2-4-7-15/h2-13H,1H3,(H2,22,25)(H2,23,24,27). The number of urea groups is 1. The summed E-state index contributed by atoms with van der Waals surface area (Å²) in [6, 6.07) is 22.7. The maximum absolute atomic E-state index is 12.1. The summed E-state index contributed by atoms with van der Waals surface area (Å²) in [7, 11) is 1.88. The minimum absolute atomic E-state index is 0.285. The van der Waals surface area contributed by atoms with E-state index in [1.165, 1.54) is 0 Å². The van der Waals surface area contributed by atoms with Crippen LogP contribution in [0.5, 0.6) is 0 Å².